The van der Waals surface area contributed by atoms with Gasteiger partial charge in [0.1, 0.15) is 5.82 Å². The molecule has 1 aromatic carbocycles. The normalized spacial score (nSPS) is 20.0. The van der Waals surface area contributed by atoms with E-state index in [9.17, 15) is 14.0 Å². The molecular formula is C20H21FN4O2. The molecule has 27 heavy (non-hydrogen) atoms. The van der Waals surface area contributed by atoms with Gasteiger partial charge in [-0.05, 0) is 56.7 Å². The lowest BCUT2D eigenvalue weighted by molar-refractivity contribution is -0.110. The molecule has 0 radical (unpaired) electrons. The van der Waals surface area contributed by atoms with Crippen LogP contribution in [0.25, 0.3) is 11.6 Å². The van der Waals surface area contributed by atoms with E-state index < -0.39 is 5.82 Å². The van der Waals surface area contributed by atoms with E-state index in [1.165, 1.54) is 12.1 Å². The van der Waals surface area contributed by atoms with Crippen LogP contribution in [-0.2, 0) is 4.79 Å². The van der Waals surface area contributed by atoms with Crippen LogP contribution in [-0.4, -0.2) is 35.9 Å². The Labute approximate surface area is 156 Å². The number of fused-ring (bicyclic) bond motifs is 1. The van der Waals surface area contributed by atoms with Gasteiger partial charge in [0, 0.05) is 35.2 Å². The molecule has 4 rings (SSSR count). The largest absolute Gasteiger partial charge is 0.358 e. The van der Waals surface area contributed by atoms with E-state index >= 15 is 0 Å². The van der Waals surface area contributed by atoms with Crippen molar-refractivity contribution in [3.8, 4) is 0 Å². The van der Waals surface area contributed by atoms with E-state index in [0.717, 1.165) is 30.8 Å². The van der Waals surface area contributed by atoms with Crippen LogP contribution in [0, 0.1) is 19.7 Å². The smallest absolute Gasteiger partial charge is 0.256 e. The van der Waals surface area contributed by atoms with Crippen LogP contribution in [0.2, 0.25) is 0 Å². The van der Waals surface area contributed by atoms with Gasteiger partial charge in [-0.25, -0.2) is 4.39 Å². The summed E-state index contributed by atoms with van der Waals surface area (Å²) >= 11 is 0. The van der Waals surface area contributed by atoms with Gasteiger partial charge >= 0.3 is 0 Å². The van der Waals surface area contributed by atoms with Gasteiger partial charge in [0.15, 0.2) is 0 Å². The molecule has 0 unspecified atom stereocenters. The molecule has 1 fully saturated rings. The van der Waals surface area contributed by atoms with E-state index in [0.29, 0.717) is 28.1 Å². The average Bonchev–Trinajstić information content (AvgIpc) is 3.29. The molecule has 2 aromatic rings. The van der Waals surface area contributed by atoms with Gasteiger partial charge in [-0.15, -0.1) is 0 Å². The van der Waals surface area contributed by atoms with Crippen LogP contribution in [0.5, 0.6) is 0 Å². The van der Waals surface area contributed by atoms with Gasteiger partial charge in [-0.2, -0.15) is 0 Å². The Bertz CT molecular complexity index is 971. The fraction of sp³-hybridized carbons (Fsp3) is 0.300. The van der Waals surface area contributed by atoms with Crippen molar-refractivity contribution < 1.29 is 14.0 Å². The molecule has 7 heteroatoms. The SMILES string of the molecule is Cc1[nH]c(/C=C2\C(=O)Nc3ccc(F)cc32)c(C)c1C(=O)N[C@H]1CCNC1. The summed E-state index contributed by atoms with van der Waals surface area (Å²) in [5.74, 6) is -0.812. The van der Waals surface area contributed by atoms with Crippen molar-refractivity contribution in [3.05, 3.63) is 52.1 Å². The van der Waals surface area contributed by atoms with E-state index in [4.69, 9.17) is 0 Å². The molecule has 1 aromatic heterocycles. The van der Waals surface area contributed by atoms with E-state index in [2.05, 4.69) is 20.9 Å². The fourth-order valence-electron chi connectivity index (χ4n) is 3.74. The number of H-pyrrole nitrogens is 1. The third-order valence-electron chi connectivity index (χ3n) is 5.15. The molecule has 4 N–H and O–H groups in total. The van der Waals surface area contributed by atoms with Gasteiger partial charge in [0.25, 0.3) is 11.8 Å². The minimum Gasteiger partial charge on any atom is -0.358 e. The summed E-state index contributed by atoms with van der Waals surface area (Å²) in [6.07, 6.45) is 2.59. The fourth-order valence-corrected chi connectivity index (χ4v) is 3.74. The zero-order valence-electron chi connectivity index (χ0n) is 15.2. The number of benzene rings is 1. The minimum atomic E-state index is -0.402. The number of carbonyl (C=O) groups excluding carboxylic acids is 2. The van der Waals surface area contributed by atoms with Crippen LogP contribution in [0.4, 0.5) is 10.1 Å². The van der Waals surface area contributed by atoms with E-state index in [1.807, 2.05) is 13.8 Å². The summed E-state index contributed by atoms with van der Waals surface area (Å²) in [5.41, 5.74) is 4.24. The van der Waals surface area contributed by atoms with Crippen LogP contribution < -0.4 is 16.0 Å². The van der Waals surface area contributed by atoms with Crippen molar-refractivity contribution in [1.82, 2.24) is 15.6 Å². The van der Waals surface area contributed by atoms with Crippen molar-refractivity contribution in [3.63, 3.8) is 0 Å². The van der Waals surface area contributed by atoms with Crippen LogP contribution in [0.3, 0.4) is 0 Å². The second-order valence-electron chi connectivity index (χ2n) is 7.03. The van der Waals surface area contributed by atoms with Crippen LogP contribution >= 0.6 is 0 Å². The maximum atomic E-state index is 13.6. The number of amides is 2. The molecule has 2 aliphatic rings. The molecule has 2 amide bonds. The number of halogens is 1. The molecule has 140 valence electrons. The van der Waals surface area contributed by atoms with Crippen LogP contribution in [0.15, 0.2) is 18.2 Å². The number of hydrogen-bond donors (Lipinski definition) is 4. The summed E-state index contributed by atoms with van der Waals surface area (Å²) in [7, 11) is 0. The average molecular weight is 368 g/mol. The number of carbonyl (C=O) groups is 2. The number of nitrogens with one attached hydrogen (secondary N) is 4. The predicted molar refractivity (Wildman–Crippen MR) is 102 cm³/mol. The number of aromatic nitrogens is 1. The second kappa shape index (κ2) is 6.66. The lowest BCUT2D eigenvalue weighted by Crippen LogP contribution is -2.36. The highest BCUT2D eigenvalue weighted by Crippen LogP contribution is 2.34. The summed E-state index contributed by atoms with van der Waals surface area (Å²) in [6.45, 7) is 5.35. The Morgan fingerprint density at radius 2 is 2.15 bits per heavy atom. The molecule has 3 heterocycles. The van der Waals surface area contributed by atoms with Gasteiger partial charge in [0.2, 0.25) is 0 Å². The molecule has 0 saturated carbocycles. The molecule has 0 aliphatic carbocycles. The highest BCUT2D eigenvalue weighted by Gasteiger charge is 2.26. The molecular weight excluding hydrogens is 347 g/mol. The molecule has 0 spiro atoms. The molecule has 1 saturated heterocycles. The van der Waals surface area contributed by atoms with Gasteiger partial charge in [-0.3, -0.25) is 9.59 Å². The second-order valence-corrected chi connectivity index (χ2v) is 7.03. The standard InChI is InChI=1S/C20H21FN4O2/c1-10-17(8-15-14-7-12(21)3-4-16(14)25-19(15)26)23-11(2)18(10)20(27)24-13-5-6-22-9-13/h3-4,7-8,13,22-23H,5-6,9H2,1-2H3,(H,24,27)(H,25,26)/b15-8-/t13-/m0/s1. The van der Waals surface area contributed by atoms with Crippen molar-refractivity contribution in [2.45, 2.75) is 26.3 Å². The third-order valence-corrected chi connectivity index (χ3v) is 5.15. The highest BCUT2D eigenvalue weighted by molar-refractivity contribution is 6.34. The summed E-state index contributed by atoms with van der Waals surface area (Å²) in [6, 6.07) is 4.32. The number of hydrogen-bond acceptors (Lipinski definition) is 3. The zero-order valence-corrected chi connectivity index (χ0v) is 15.2. The first-order chi connectivity index (χ1) is 12.9. The Morgan fingerprint density at radius 1 is 1.33 bits per heavy atom. The first-order valence-electron chi connectivity index (χ1n) is 8.97. The van der Waals surface area contributed by atoms with Gasteiger partial charge < -0.3 is 20.9 Å². The number of rotatable bonds is 3. The van der Waals surface area contributed by atoms with Crippen molar-refractivity contribution in [2.75, 3.05) is 18.4 Å². The van der Waals surface area contributed by atoms with Crippen molar-refractivity contribution in [2.24, 2.45) is 0 Å². The van der Waals surface area contributed by atoms with Crippen molar-refractivity contribution in [1.29, 1.82) is 0 Å². The van der Waals surface area contributed by atoms with E-state index in [1.54, 1.807) is 12.1 Å². The Morgan fingerprint density at radius 3 is 2.89 bits per heavy atom. The van der Waals surface area contributed by atoms with Gasteiger partial charge in [-0.1, -0.05) is 0 Å². The predicted octanol–water partition coefficient (Wildman–Crippen LogP) is 2.36. The topological polar surface area (TPSA) is 86.0 Å². The van der Waals surface area contributed by atoms with E-state index in [-0.39, 0.29) is 17.9 Å². The van der Waals surface area contributed by atoms with Crippen LogP contribution in [0.1, 0.15) is 39.3 Å². The lowest BCUT2D eigenvalue weighted by Gasteiger charge is -2.11. The number of anilines is 1. The number of aryl methyl sites for hydroxylation is 1. The first kappa shape index (κ1) is 17.5. The Kier molecular flexibility index (Phi) is 4.31. The zero-order chi connectivity index (χ0) is 19.1. The first-order valence-corrected chi connectivity index (χ1v) is 8.97. The monoisotopic (exact) mass is 368 g/mol. The molecule has 2 aliphatic heterocycles. The Balaban J connectivity index is 1.68. The lowest BCUT2D eigenvalue weighted by atomic mass is 10.0. The summed E-state index contributed by atoms with van der Waals surface area (Å²) < 4.78 is 13.6. The number of aromatic amines is 1. The molecule has 0 bridgehead atoms. The molecule has 1 atom stereocenters. The highest BCUT2D eigenvalue weighted by atomic mass is 19.1. The maximum absolute atomic E-state index is 13.6. The van der Waals surface area contributed by atoms with Crippen molar-refractivity contribution >= 4 is 29.2 Å². The minimum absolute atomic E-state index is 0.123. The molecule has 6 nitrogen and oxygen atoms in total. The Hall–Kier alpha value is -2.93. The third kappa shape index (κ3) is 3.14. The quantitative estimate of drug-likeness (QED) is 0.628. The summed E-state index contributed by atoms with van der Waals surface area (Å²) in [5, 5.41) is 9.00. The summed E-state index contributed by atoms with van der Waals surface area (Å²) in [4.78, 5) is 28.2. The maximum Gasteiger partial charge on any atom is 0.256 e. The van der Waals surface area contributed by atoms with Gasteiger partial charge in [0.05, 0.1) is 11.1 Å².